The monoisotopic (exact) mass is 484 g/mol. The molecule has 1 aliphatic rings. The molecule has 0 spiro atoms. The molecule has 8 nitrogen and oxygen atoms in total. The summed E-state index contributed by atoms with van der Waals surface area (Å²) in [5, 5.41) is 8.94. The summed E-state index contributed by atoms with van der Waals surface area (Å²) in [6.45, 7) is 1.56. The zero-order valence-electron chi connectivity index (χ0n) is 21.1. The van der Waals surface area contributed by atoms with Gasteiger partial charge in [0.25, 0.3) is 0 Å². The van der Waals surface area contributed by atoms with Crippen LogP contribution in [0.25, 0.3) is 22.2 Å². The topological polar surface area (TPSA) is 75.4 Å². The van der Waals surface area contributed by atoms with E-state index in [1.807, 2.05) is 73.2 Å². The lowest BCUT2D eigenvalue weighted by molar-refractivity contribution is -0.122. The van der Waals surface area contributed by atoms with Crippen molar-refractivity contribution in [3.8, 4) is 11.3 Å². The molecule has 0 atom stereocenters. The van der Waals surface area contributed by atoms with Gasteiger partial charge in [0.15, 0.2) is 0 Å². The number of para-hydroxylation sites is 1. The number of nitrogens with one attached hydrogen (secondary N) is 1. The molecule has 8 heteroatoms. The van der Waals surface area contributed by atoms with E-state index in [1.165, 1.54) is 0 Å². The minimum atomic E-state index is -0.0129. The van der Waals surface area contributed by atoms with E-state index in [2.05, 4.69) is 28.2 Å². The molecule has 36 heavy (non-hydrogen) atoms. The standard InChI is InChI=1S/C28H32N6O2/c1-31(2)21-12-10-20(11-13-21)18-29-26(35)9-6-15-33-27-17-24(30-34(27)16-14-28(33)36)23-19-32(3)25-8-5-4-7-22(23)25/h4-5,7-8,10-13,17,19H,6,9,14-16,18H2,1-3H3,(H,29,35). The maximum absolute atomic E-state index is 12.8. The number of nitrogens with zero attached hydrogens (tertiary/aromatic N) is 5. The van der Waals surface area contributed by atoms with Crippen LogP contribution in [0.4, 0.5) is 11.5 Å². The van der Waals surface area contributed by atoms with Gasteiger partial charge in [-0.15, -0.1) is 0 Å². The van der Waals surface area contributed by atoms with Crippen LogP contribution in [0.15, 0.2) is 60.8 Å². The van der Waals surface area contributed by atoms with Gasteiger partial charge < -0.3 is 14.8 Å². The molecular formula is C28H32N6O2. The summed E-state index contributed by atoms with van der Waals surface area (Å²) >= 11 is 0. The number of aryl methyl sites for hydroxylation is 2. The van der Waals surface area contributed by atoms with Crippen molar-refractivity contribution in [3.63, 3.8) is 0 Å². The predicted molar refractivity (Wildman–Crippen MR) is 143 cm³/mol. The first kappa shape index (κ1) is 23.7. The molecule has 0 unspecified atom stereocenters. The molecule has 0 saturated carbocycles. The molecule has 4 aromatic rings. The molecule has 0 radical (unpaired) electrons. The van der Waals surface area contributed by atoms with Crippen LogP contribution in [0, 0.1) is 0 Å². The molecule has 2 amide bonds. The van der Waals surface area contributed by atoms with Crippen molar-refractivity contribution >= 4 is 34.2 Å². The highest BCUT2D eigenvalue weighted by atomic mass is 16.2. The molecule has 1 N–H and O–H groups in total. The van der Waals surface area contributed by atoms with Gasteiger partial charge in [-0.25, -0.2) is 4.68 Å². The summed E-state index contributed by atoms with van der Waals surface area (Å²) in [4.78, 5) is 29.0. The first-order valence-corrected chi connectivity index (χ1v) is 12.4. The summed E-state index contributed by atoms with van der Waals surface area (Å²) < 4.78 is 4.01. The number of anilines is 2. The minimum absolute atomic E-state index is 0.0129. The normalized spacial score (nSPS) is 13.2. The third-order valence-electron chi connectivity index (χ3n) is 6.77. The van der Waals surface area contributed by atoms with E-state index in [4.69, 9.17) is 5.10 Å². The lowest BCUT2D eigenvalue weighted by Gasteiger charge is -2.27. The Morgan fingerprint density at radius 1 is 1.11 bits per heavy atom. The second kappa shape index (κ2) is 9.89. The van der Waals surface area contributed by atoms with Gasteiger partial charge in [-0.05, 0) is 30.2 Å². The van der Waals surface area contributed by atoms with E-state index >= 15 is 0 Å². The highest BCUT2D eigenvalue weighted by molar-refractivity contribution is 5.98. The maximum atomic E-state index is 12.8. The molecule has 5 rings (SSSR count). The smallest absolute Gasteiger partial charge is 0.229 e. The highest BCUT2D eigenvalue weighted by Gasteiger charge is 2.27. The number of hydrogen-bond donors (Lipinski definition) is 1. The van der Waals surface area contributed by atoms with Gasteiger partial charge in [-0.2, -0.15) is 5.10 Å². The van der Waals surface area contributed by atoms with E-state index in [1.54, 1.807) is 4.90 Å². The van der Waals surface area contributed by atoms with Gasteiger partial charge in [0.05, 0.1) is 12.2 Å². The number of amides is 2. The van der Waals surface area contributed by atoms with E-state index in [0.29, 0.717) is 38.9 Å². The molecule has 0 bridgehead atoms. The van der Waals surface area contributed by atoms with Crippen LogP contribution in [0.3, 0.4) is 0 Å². The Kier molecular flexibility index (Phi) is 6.50. The van der Waals surface area contributed by atoms with Gasteiger partial charge in [-0.3, -0.25) is 14.5 Å². The third-order valence-corrected chi connectivity index (χ3v) is 6.77. The van der Waals surface area contributed by atoms with Crippen molar-refractivity contribution in [3.05, 3.63) is 66.4 Å². The maximum Gasteiger partial charge on any atom is 0.229 e. The summed E-state index contributed by atoms with van der Waals surface area (Å²) in [6, 6.07) is 18.4. The van der Waals surface area contributed by atoms with Crippen molar-refractivity contribution in [2.75, 3.05) is 30.4 Å². The Hall–Kier alpha value is -4.07. The van der Waals surface area contributed by atoms with Crippen LogP contribution in [-0.4, -0.2) is 46.8 Å². The van der Waals surface area contributed by atoms with Crippen LogP contribution >= 0.6 is 0 Å². The first-order chi connectivity index (χ1) is 17.4. The van der Waals surface area contributed by atoms with Gasteiger partial charge >= 0.3 is 0 Å². The van der Waals surface area contributed by atoms with E-state index in [0.717, 1.165) is 39.2 Å². The lowest BCUT2D eigenvalue weighted by Crippen LogP contribution is -2.38. The zero-order valence-corrected chi connectivity index (χ0v) is 21.1. The number of carbonyl (C=O) groups is 2. The van der Waals surface area contributed by atoms with Crippen molar-refractivity contribution < 1.29 is 9.59 Å². The SMILES string of the molecule is CN(C)c1ccc(CNC(=O)CCCN2C(=O)CCn3nc(-c4cn(C)c5ccccc45)cc32)cc1. The van der Waals surface area contributed by atoms with Gasteiger partial charge in [0.1, 0.15) is 5.82 Å². The van der Waals surface area contributed by atoms with Crippen LogP contribution < -0.4 is 15.1 Å². The molecule has 2 aromatic carbocycles. The molecule has 1 aliphatic heterocycles. The molecule has 0 aliphatic carbocycles. The molecular weight excluding hydrogens is 452 g/mol. The van der Waals surface area contributed by atoms with E-state index in [9.17, 15) is 9.59 Å². The van der Waals surface area contributed by atoms with E-state index < -0.39 is 0 Å². The second-order valence-corrected chi connectivity index (χ2v) is 9.52. The largest absolute Gasteiger partial charge is 0.378 e. The van der Waals surface area contributed by atoms with Crippen LogP contribution in [-0.2, 0) is 29.7 Å². The van der Waals surface area contributed by atoms with Crippen LogP contribution in [0.2, 0.25) is 0 Å². The third kappa shape index (κ3) is 4.71. The summed E-state index contributed by atoms with van der Waals surface area (Å²) in [6.07, 6.45) is 3.46. The second-order valence-electron chi connectivity index (χ2n) is 9.52. The average Bonchev–Trinajstić information content (AvgIpc) is 3.46. The molecule has 186 valence electrons. The fourth-order valence-corrected chi connectivity index (χ4v) is 4.77. The molecule has 0 saturated heterocycles. The fraction of sp³-hybridized carbons (Fsp3) is 0.321. The van der Waals surface area contributed by atoms with Crippen molar-refractivity contribution in [2.24, 2.45) is 7.05 Å². The summed E-state index contributed by atoms with van der Waals surface area (Å²) in [5.74, 6) is 0.866. The number of rotatable bonds is 8. The average molecular weight is 485 g/mol. The number of benzene rings is 2. The quantitative estimate of drug-likeness (QED) is 0.411. The molecule has 3 heterocycles. The van der Waals surface area contributed by atoms with Gasteiger partial charge in [-0.1, -0.05) is 30.3 Å². The fourth-order valence-electron chi connectivity index (χ4n) is 4.77. The Morgan fingerprint density at radius 3 is 2.67 bits per heavy atom. The van der Waals surface area contributed by atoms with E-state index in [-0.39, 0.29) is 11.8 Å². The summed E-state index contributed by atoms with van der Waals surface area (Å²) in [7, 11) is 6.03. The Bertz CT molecular complexity index is 1400. The van der Waals surface area contributed by atoms with Gasteiger partial charge in [0, 0.05) is 81.5 Å². The Morgan fingerprint density at radius 2 is 1.89 bits per heavy atom. The first-order valence-electron chi connectivity index (χ1n) is 12.4. The van der Waals surface area contributed by atoms with Crippen LogP contribution in [0.1, 0.15) is 24.8 Å². The lowest BCUT2D eigenvalue weighted by atomic mass is 10.1. The van der Waals surface area contributed by atoms with Crippen molar-refractivity contribution in [1.29, 1.82) is 0 Å². The summed E-state index contributed by atoms with van der Waals surface area (Å²) in [5.41, 5.74) is 5.25. The number of hydrogen-bond acceptors (Lipinski definition) is 4. The zero-order chi connectivity index (χ0) is 25.2. The molecule has 0 fully saturated rings. The van der Waals surface area contributed by atoms with Crippen molar-refractivity contribution in [1.82, 2.24) is 19.7 Å². The number of carbonyl (C=O) groups excluding carboxylic acids is 2. The van der Waals surface area contributed by atoms with Crippen LogP contribution in [0.5, 0.6) is 0 Å². The Balaban J connectivity index is 1.21. The molecule has 2 aromatic heterocycles. The highest BCUT2D eigenvalue weighted by Crippen LogP contribution is 2.33. The number of fused-ring (bicyclic) bond motifs is 2. The predicted octanol–water partition coefficient (Wildman–Crippen LogP) is 3.94. The minimum Gasteiger partial charge on any atom is -0.378 e. The Labute approximate surface area is 211 Å². The van der Waals surface area contributed by atoms with Crippen molar-refractivity contribution in [2.45, 2.75) is 32.4 Å². The number of aromatic nitrogens is 3. The van der Waals surface area contributed by atoms with Gasteiger partial charge in [0.2, 0.25) is 11.8 Å².